The first-order chi connectivity index (χ1) is 17.3. The van der Waals surface area contributed by atoms with Crippen LogP contribution >= 0.6 is 0 Å². The third-order valence-corrected chi connectivity index (χ3v) is 12.4. The van der Waals surface area contributed by atoms with Gasteiger partial charge in [-0.05, 0) is 59.5 Å². The van der Waals surface area contributed by atoms with E-state index < -0.39 is 8.32 Å². The normalized spacial score (nSPS) is 14.7. The van der Waals surface area contributed by atoms with Crippen LogP contribution in [0.5, 0.6) is 0 Å². The van der Waals surface area contributed by atoms with Crippen molar-refractivity contribution >= 4 is 30.4 Å². The van der Waals surface area contributed by atoms with Gasteiger partial charge >= 0.3 is 5.97 Å². The van der Waals surface area contributed by atoms with E-state index in [1.807, 2.05) is 0 Å². The Bertz CT molecular complexity index is 982. The van der Waals surface area contributed by atoms with Crippen LogP contribution in [0.4, 0.5) is 0 Å². The lowest BCUT2D eigenvalue weighted by molar-refractivity contribution is -0.140. The number of benzene rings is 2. The molecule has 3 rings (SSSR count). The van der Waals surface area contributed by atoms with Gasteiger partial charge in [0.2, 0.25) is 0 Å². The zero-order valence-electron chi connectivity index (χ0n) is 22.5. The minimum atomic E-state index is -2.48. The van der Waals surface area contributed by atoms with Crippen LogP contribution in [0, 0.1) is 0 Å². The molecule has 0 bridgehead atoms. The highest BCUT2D eigenvalue weighted by molar-refractivity contribution is 6.99. The summed E-state index contributed by atoms with van der Waals surface area (Å²) in [6, 6.07) is 21.5. The number of allylic oxidation sites excluding steroid dienone is 2. The lowest BCUT2D eigenvalue weighted by atomic mass is 9.85. The molecule has 0 N–H and O–H groups in total. The molecule has 0 unspecified atom stereocenters. The van der Waals surface area contributed by atoms with E-state index in [4.69, 9.17) is 9.16 Å². The van der Waals surface area contributed by atoms with Crippen molar-refractivity contribution in [2.24, 2.45) is 0 Å². The van der Waals surface area contributed by atoms with E-state index >= 15 is 0 Å². The number of hydrogen-bond acceptors (Lipinski definition) is 4. The van der Waals surface area contributed by atoms with Crippen molar-refractivity contribution in [3.8, 4) is 0 Å². The average molecular weight is 507 g/mol. The molecule has 0 saturated carbocycles. The van der Waals surface area contributed by atoms with Gasteiger partial charge in [0.15, 0.2) is 5.78 Å². The molecule has 0 fully saturated rings. The molecule has 0 saturated heterocycles. The number of carbonyl (C=O) groups is 2. The van der Waals surface area contributed by atoms with Gasteiger partial charge < -0.3 is 9.16 Å². The fourth-order valence-corrected chi connectivity index (χ4v) is 10.1. The second-order valence-electron chi connectivity index (χ2n) is 10.8. The monoisotopic (exact) mass is 506 g/mol. The van der Waals surface area contributed by atoms with Crippen LogP contribution < -0.4 is 10.4 Å². The van der Waals surface area contributed by atoms with E-state index in [-0.39, 0.29) is 23.2 Å². The van der Waals surface area contributed by atoms with E-state index in [1.54, 1.807) is 0 Å². The number of ether oxygens (including phenoxy) is 1. The molecule has 0 aromatic heterocycles. The number of Topliss-reactive ketones (excluding diaryl/α,β-unsaturated/α-hetero) is 1. The Labute approximate surface area is 218 Å². The fourth-order valence-electron chi connectivity index (χ4n) is 5.49. The zero-order chi connectivity index (χ0) is 26.0. The maximum Gasteiger partial charge on any atom is 0.305 e. The number of ketones is 1. The molecular weight excluding hydrogens is 464 g/mol. The minimum Gasteiger partial charge on any atom is -0.469 e. The first-order valence-corrected chi connectivity index (χ1v) is 15.3. The van der Waals surface area contributed by atoms with Gasteiger partial charge in [0.05, 0.1) is 7.11 Å². The molecule has 1 aliphatic carbocycles. The highest BCUT2D eigenvalue weighted by Crippen LogP contribution is 2.37. The summed E-state index contributed by atoms with van der Waals surface area (Å²) >= 11 is 0. The van der Waals surface area contributed by atoms with Gasteiger partial charge in [-0.3, -0.25) is 9.59 Å². The Balaban J connectivity index is 1.65. The molecule has 36 heavy (non-hydrogen) atoms. The van der Waals surface area contributed by atoms with E-state index in [0.717, 1.165) is 50.7 Å². The van der Waals surface area contributed by atoms with Crippen molar-refractivity contribution < 1.29 is 18.8 Å². The van der Waals surface area contributed by atoms with Crippen LogP contribution in [0.25, 0.3) is 0 Å². The van der Waals surface area contributed by atoms with Crippen LogP contribution in [0.15, 0.2) is 71.8 Å². The van der Waals surface area contributed by atoms with Crippen molar-refractivity contribution in [3.63, 3.8) is 0 Å². The minimum absolute atomic E-state index is 0.0164. The van der Waals surface area contributed by atoms with Crippen molar-refractivity contribution in [1.29, 1.82) is 0 Å². The molecule has 0 radical (unpaired) electrons. The zero-order valence-corrected chi connectivity index (χ0v) is 23.5. The molecule has 0 spiro atoms. The molecule has 0 aliphatic heterocycles. The largest absolute Gasteiger partial charge is 0.469 e. The summed E-state index contributed by atoms with van der Waals surface area (Å²) in [7, 11) is -1.09. The predicted molar refractivity (Wildman–Crippen MR) is 149 cm³/mol. The second-order valence-corrected chi connectivity index (χ2v) is 15.1. The van der Waals surface area contributed by atoms with Crippen LogP contribution in [-0.2, 0) is 18.8 Å². The van der Waals surface area contributed by atoms with Crippen molar-refractivity contribution in [2.45, 2.75) is 83.6 Å². The summed E-state index contributed by atoms with van der Waals surface area (Å²) in [5.41, 5.74) is 2.14. The third kappa shape index (κ3) is 6.83. The number of rotatable bonds is 12. The summed E-state index contributed by atoms with van der Waals surface area (Å²) in [4.78, 5) is 24.1. The van der Waals surface area contributed by atoms with Crippen molar-refractivity contribution in [3.05, 3.63) is 71.8 Å². The highest BCUT2D eigenvalue weighted by Gasteiger charge is 2.49. The maximum atomic E-state index is 12.5. The first kappa shape index (κ1) is 28.1. The molecule has 5 heteroatoms. The van der Waals surface area contributed by atoms with Gasteiger partial charge in [0, 0.05) is 19.4 Å². The number of methoxy groups -OCH3 is 1. The summed E-state index contributed by atoms with van der Waals surface area (Å²) in [6.07, 6.45) is 7.31. The summed E-state index contributed by atoms with van der Waals surface area (Å²) in [5.74, 6) is -0.0316. The molecule has 4 nitrogen and oxygen atoms in total. The van der Waals surface area contributed by atoms with Gasteiger partial charge in [0.25, 0.3) is 8.32 Å². The Morgan fingerprint density at radius 2 is 1.47 bits per heavy atom. The molecule has 194 valence electrons. The van der Waals surface area contributed by atoms with Crippen LogP contribution in [0.1, 0.15) is 78.6 Å². The Morgan fingerprint density at radius 1 is 0.861 bits per heavy atom. The Morgan fingerprint density at radius 3 is 2.03 bits per heavy atom. The van der Waals surface area contributed by atoms with Crippen LogP contribution in [0.3, 0.4) is 0 Å². The number of carbonyl (C=O) groups excluding carboxylic acids is 2. The number of esters is 1. The molecule has 0 amide bonds. The number of hydrogen-bond donors (Lipinski definition) is 0. The Kier molecular flexibility index (Phi) is 10.3. The fraction of sp³-hybridized carbons (Fsp3) is 0.484. The quantitative estimate of drug-likeness (QED) is 0.197. The van der Waals surface area contributed by atoms with Crippen molar-refractivity contribution in [1.82, 2.24) is 0 Å². The lowest BCUT2D eigenvalue weighted by Crippen LogP contribution is -2.66. The average Bonchev–Trinajstić information content (AvgIpc) is 2.88. The van der Waals surface area contributed by atoms with Gasteiger partial charge in [-0.2, -0.15) is 0 Å². The topological polar surface area (TPSA) is 52.6 Å². The lowest BCUT2D eigenvalue weighted by Gasteiger charge is -2.43. The second kappa shape index (κ2) is 13.2. The maximum absolute atomic E-state index is 12.5. The molecule has 2 aromatic rings. The predicted octanol–water partition coefficient (Wildman–Crippen LogP) is 6.13. The molecular formula is C31H42O4Si. The molecule has 0 heterocycles. The SMILES string of the molecule is COC(=O)CCC1=C(CCCCCO[Si](c2ccccc2)(c2ccccc2)C(C)(C)C)CCCC1=O. The van der Waals surface area contributed by atoms with Crippen LogP contribution in [0.2, 0.25) is 5.04 Å². The summed E-state index contributed by atoms with van der Waals surface area (Å²) < 4.78 is 11.8. The van der Waals surface area contributed by atoms with Crippen molar-refractivity contribution in [2.75, 3.05) is 13.7 Å². The van der Waals surface area contributed by atoms with Gasteiger partial charge in [0.1, 0.15) is 0 Å². The molecule has 2 aromatic carbocycles. The van der Waals surface area contributed by atoms with Gasteiger partial charge in [-0.15, -0.1) is 0 Å². The number of unbranched alkanes of at least 4 members (excludes halogenated alkanes) is 2. The smallest absolute Gasteiger partial charge is 0.305 e. The molecule has 0 atom stereocenters. The van der Waals surface area contributed by atoms with E-state index in [2.05, 4.69) is 81.4 Å². The summed E-state index contributed by atoms with van der Waals surface area (Å²) in [6.45, 7) is 7.64. The van der Waals surface area contributed by atoms with E-state index in [1.165, 1.54) is 23.1 Å². The standard InChI is InChI=1S/C31H42O4Si/c1-31(2,3)36(26-17-9-5-10-18-26,27-19-11-6-12-20-27)35-24-13-7-8-15-25-16-14-21-29(32)28(25)22-23-30(33)34-4/h5-6,9-12,17-20H,7-8,13-16,21-24H2,1-4H3. The Hall–Kier alpha value is -2.50. The van der Waals surface area contributed by atoms with Gasteiger partial charge in [-0.25, -0.2) is 0 Å². The van der Waals surface area contributed by atoms with E-state index in [9.17, 15) is 9.59 Å². The van der Waals surface area contributed by atoms with Crippen LogP contribution in [-0.4, -0.2) is 33.8 Å². The van der Waals surface area contributed by atoms with E-state index in [0.29, 0.717) is 12.8 Å². The van der Waals surface area contributed by atoms with Gasteiger partial charge in [-0.1, -0.05) is 93.4 Å². The third-order valence-electron chi connectivity index (χ3n) is 7.31. The highest BCUT2D eigenvalue weighted by atomic mass is 28.4. The first-order valence-electron chi connectivity index (χ1n) is 13.4. The molecule has 1 aliphatic rings. The summed E-state index contributed by atoms with van der Waals surface area (Å²) in [5, 5.41) is 2.60.